The van der Waals surface area contributed by atoms with E-state index in [4.69, 9.17) is 0 Å². The summed E-state index contributed by atoms with van der Waals surface area (Å²) in [6.45, 7) is 4.57. The van der Waals surface area contributed by atoms with E-state index in [-0.39, 0.29) is 0 Å². The number of nitrogens with one attached hydrogen (secondary N) is 2. The van der Waals surface area contributed by atoms with E-state index in [0.717, 1.165) is 29.7 Å². The van der Waals surface area contributed by atoms with Crippen LogP contribution in [-0.2, 0) is 16.6 Å². The molecule has 2 N–H and O–H groups in total. The molecule has 0 aliphatic carbocycles. The average molecular weight is 311 g/mol. The minimum absolute atomic E-state index is 0.604. The van der Waals surface area contributed by atoms with Gasteiger partial charge in [-0.3, -0.25) is 4.72 Å². The van der Waals surface area contributed by atoms with E-state index >= 15 is 0 Å². The Morgan fingerprint density at radius 1 is 1.30 bits per heavy atom. The largest absolute Gasteiger partial charge is 0.380 e. The zero-order valence-corrected chi connectivity index (χ0v) is 13.2. The summed E-state index contributed by atoms with van der Waals surface area (Å²) in [6, 6.07) is 5.54. The van der Waals surface area contributed by atoms with Gasteiger partial charge in [0, 0.05) is 10.6 Å². The Morgan fingerprint density at radius 3 is 2.60 bits per heavy atom. The maximum Gasteiger partial charge on any atom is 0.229 e. The third kappa shape index (κ3) is 3.94. The first-order valence-corrected chi connectivity index (χ1v) is 8.83. The minimum Gasteiger partial charge on any atom is -0.380 e. The summed E-state index contributed by atoms with van der Waals surface area (Å²) in [5, 5.41) is 3.31. The third-order valence-corrected chi connectivity index (χ3v) is 4.35. The normalized spacial score (nSPS) is 11.3. The highest BCUT2D eigenvalue weighted by molar-refractivity contribution is 7.92. The maximum absolute atomic E-state index is 11.2. The van der Waals surface area contributed by atoms with Gasteiger partial charge in [-0.25, -0.2) is 13.4 Å². The molecule has 0 atom stereocenters. The van der Waals surface area contributed by atoms with Gasteiger partial charge in [0.05, 0.1) is 29.7 Å². The molecule has 0 saturated heterocycles. The van der Waals surface area contributed by atoms with Crippen molar-refractivity contribution in [1.29, 1.82) is 0 Å². The molecule has 2 aromatic rings. The summed E-state index contributed by atoms with van der Waals surface area (Å²) in [5.41, 5.74) is 5.30. The van der Waals surface area contributed by atoms with E-state index in [0.29, 0.717) is 5.69 Å². The first kappa shape index (κ1) is 14.8. The molecule has 5 nitrogen and oxygen atoms in total. The van der Waals surface area contributed by atoms with Crippen LogP contribution in [-0.4, -0.2) is 19.7 Å². The Morgan fingerprint density at radius 2 is 2.05 bits per heavy atom. The van der Waals surface area contributed by atoms with Crippen molar-refractivity contribution in [2.45, 2.75) is 20.4 Å². The van der Waals surface area contributed by atoms with Crippen LogP contribution in [0.15, 0.2) is 23.7 Å². The molecule has 0 aliphatic rings. The van der Waals surface area contributed by atoms with Gasteiger partial charge in [-0.15, -0.1) is 11.3 Å². The molecule has 0 spiro atoms. The second-order valence-electron chi connectivity index (χ2n) is 4.62. The van der Waals surface area contributed by atoms with Gasteiger partial charge >= 0.3 is 0 Å². The lowest BCUT2D eigenvalue weighted by Crippen LogP contribution is -2.10. The molecule has 1 heterocycles. The highest BCUT2D eigenvalue weighted by Gasteiger charge is 2.06. The standard InChI is InChI=1S/C13H17N3O2S2/c1-9-6-11(4-5-12(9)16-20(3,17)18)14-7-13-10(2)15-8-19-13/h4-6,8,14,16H,7H2,1-3H3. The summed E-state index contributed by atoms with van der Waals surface area (Å²) in [7, 11) is -3.24. The Labute approximate surface area is 123 Å². The highest BCUT2D eigenvalue weighted by atomic mass is 32.2. The van der Waals surface area contributed by atoms with E-state index in [1.54, 1.807) is 17.4 Å². The number of thiazole rings is 1. The molecular weight excluding hydrogens is 294 g/mol. The Balaban J connectivity index is 2.07. The molecule has 0 fully saturated rings. The van der Waals surface area contributed by atoms with Crippen LogP contribution < -0.4 is 10.0 Å². The van der Waals surface area contributed by atoms with Crippen LogP contribution in [0.5, 0.6) is 0 Å². The van der Waals surface area contributed by atoms with Crippen molar-refractivity contribution in [3.63, 3.8) is 0 Å². The van der Waals surface area contributed by atoms with Gasteiger partial charge in [0.25, 0.3) is 0 Å². The molecule has 0 aliphatic heterocycles. The third-order valence-electron chi connectivity index (χ3n) is 2.82. The first-order valence-electron chi connectivity index (χ1n) is 6.06. The fourth-order valence-corrected chi connectivity index (χ4v) is 3.11. The average Bonchev–Trinajstić information content (AvgIpc) is 2.74. The van der Waals surface area contributed by atoms with Crippen LogP contribution in [0.3, 0.4) is 0 Å². The summed E-state index contributed by atoms with van der Waals surface area (Å²) >= 11 is 1.62. The minimum atomic E-state index is -3.24. The van der Waals surface area contributed by atoms with Gasteiger partial charge in [-0.1, -0.05) is 0 Å². The summed E-state index contributed by atoms with van der Waals surface area (Å²) in [6.07, 6.45) is 1.14. The first-order chi connectivity index (χ1) is 9.35. The van der Waals surface area contributed by atoms with E-state index in [1.807, 2.05) is 31.5 Å². The second kappa shape index (κ2) is 5.80. The van der Waals surface area contributed by atoms with Gasteiger partial charge in [-0.2, -0.15) is 0 Å². The van der Waals surface area contributed by atoms with Crippen LogP contribution in [0.2, 0.25) is 0 Å². The predicted octanol–water partition coefficient (Wildman–Crippen LogP) is 2.74. The molecule has 0 unspecified atom stereocenters. The fraction of sp³-hybridized carbons (Fsp3) is 0.308. The van der Waals surface area contributed by atoms with Gasteiger partial charge in [0.2, 0.25) is 10.0 Å². The quantitative estimate of drug-likeness (QED) is 0.890. The van der Waals surface area contributed by atoms with Crippen molar-refractivity contribution in [3.8, 4) is 0 Å². The number of anilines is 2. The molecule has 1 aromatic carbocycles. The number of nitrogens with zero attached hydrogens (tertiary/aromatic N) is 1. The van der Waals surface area contributed by atoms with Crippen molar-refractivity contribution in [2.75, 3.05) is 16.3 Å². The monoisotopic (exact) mass is 311 g/mol. The van der Waals surface area contributed by atoms with Crippen molar-refractivity contribution in [1.82, 2.24) is 4.98 Å². The number of hydrogen-bond acceptors (Lipinski definition) is 5. The molecule has 108 valence electrons. The van der Waals surface area contributed by atoms with E-state index < -0.39 is 10.0 Å². The fourth-order valence-electron chi connectivity index (χ4n) is 1.77. The topological polar surface area (TPSA) is 71.1 Å². The van der Waals surface area contributed by atoms with E-state index in [2.05, 4.69) is 15.0 Å². The second-order valence-corrected chi connectivity index (χ2v) is 7.31. The maximum atomic E-state index is 11.2. The predicted molar refractivity (Wildman–Crippen MR) is 83.8 cm³/mol. The number of rotatable bonds is 5. The molecule has 1 aromatic heterocycles. The number of benzene rings is 1. The van der Waals surface area contributed by atoms with Crippen molar-refractivity contribution in [2.24, 2.45) is 0 Å². The van der Waals surface area contributed by atoms with Crippen molar-refractivity contribution >= 4 is 32.7 Å². The molecule has 0 amide bonds. The highest BCUT2D eigenvalue weighted by Crippen LogP contribution is 2.22. The van der Waals surface area contributed by atoms with Crippen LogP contribution in [0, 0.1) is 13.8 Å². The number of sulfonamides is 1. The van der Waals surface area contributed by atoms with Crippen LogP contribution in [0.25, 0.3) is 0 Å². The summed E-state index contributed by atoms with van der Waals surface area (Å²) in [5.74, 6) is 0. The molecule has 0 saturated carbocycles. The summed E-state index contributed by atoms with van der Waals surface area (Å²) < 4.78 is 24.9. The molecule has 0 bridgehead atoms. The zero-order chi connectivity index (χ0) is 14.8. The van der Waals surface area contributed by atoms with Crippen LogP contribution in [0.4, 0.5) is 11.4 Å². The molecule has 2 rings (SSSR count). The van der Waals surface area contributed by atoms with E-state index in [1.165, 1.54) is 4.88 Å². The number of hydrogen-bond donors (Lipinski definition) is 2. The van der Waals surface area contributed by atoms with Gasteiger partial charge in [-0.05, 0) is 37.6 Å². The van der Waals surface area contributed by atoms with Gasteiger partial charge < -0.3 is 5.32 Å². The summed E-state index contributed by atoms with van der Waals surface area (Å²) in [4.78, 5) is 5.40. The Kier molecular flexibility index (Phi) is 4.29. The lowest BCUT2D eigenvalue weighted by atomic mass is 10.2. The Hall–Kier alpha value is -1.60. The van der Waals surface area contributed by atoms with Crippen molar-refractivity contribution < 1.29 is 8.42 Å². The molecule has 0 radical (unpaired) electrons. The number of aromatic nitrogens is 1. The molecule has 7 heteroatoms. The van der Waals surface area contributed by atoms with Crippen LogP contribution in [0.1, 0.15) is 16.1 Å². The van der Waals surface area contributed by atoms with Crippen LogP contribution >= 0.6 is 11.3 Å². The Bertz CT molecular complexity index is 708. The van der Waals surface area contributed by atoms with E-state index in [9.17, 15) is 8.42 Å². The number of aryl methyl sites for hydroxylation is 2. The SMILES string of the molecule is Cc1cc(NCc2scnc2C)ccc1NS(C)(=O)=O. The lowest BCUT2D eigenvalue weighted by molar-refractivity contribution is 0.607. The van der Waals surface area contributed by atoms with Crippen molar-refractivity contribution in [3.05, 3.63) is 39.8 Å². The van der Waals surface area contributed by atoms with Gasteiger partial charge in [0.1, 0.15) is 0 Å². The molecular formula is C13H17N3O2S2. The molecule has 20 heavy (non-hydrogen) atoms. The zero-order valence-electron chi connectivity index (χ0n) is 11.6. The smallest absolute Gasteiger partial charge is 0.229 e. The lowest BCUT2D eigenvalue weighted by Gasteiger charge is -2.11. The van der Waals surface area contributed by atoms with Gasteiger partial charge in [0.15, 0.2) is 0 Å².